The largest absolute Gasteiger partial charge is 0.369 e. The maximum atomic E-state index is 13.3. The number of H-pyrrole nitrogens is 1. The number of anilines is 2. The molecule has 0 unspecified atom stereocenters. The van der Waals surface area contributed by atoms with Crippen LogP contribution >= 0.6 is 11.6 Å². The van der Waals surface area contributed by atoms with Crippen LogP contribution in [0.15, 0.2) is 55.0 Å². The molecule has 3 N–H and O–H groups in total. The molecular weight excluding hydrogens is 457 g/mol. The lowest BCUT2D eigenvalue weighted by Crippen LogP contribution is -2.43. The molecule has 5 rings (SSSR count). The van der Waals surface area contributed by atoms with E-state index >= 15 is 0 Å². The van der Waals surface area contributed by atoms with Crippen LogP contribution < -0.4 is 15.5 Å². The summed E-state index contributed by atoms with van der Waals surface area (Å²) < 4.78 is 15.1. The summed E-state index contributed by atoms with van der Waals surface area (Å²) in [5.41, 5.74) is 3.89. The highest BCUT2D eigenvalue weighted by atomic mass is 35.5. The van der Waals surface area contributed by atoms with Gasteiger partial charge in [-0.1, -0.05) is 11.6 Å². The van der Waals surface area contributed by atoms with Gasteiger partial charge in [-0.15, -0.1) is 0 Å². The van der Waals surface area contributed by atoms with Crippen molar-refractivity contribution in [1.29, 1.82) is 0 Å². The van der Waals surface area contributed by atoms with Gasteiger partial charge in [0.25, 0.3) is 5.91 Å². The summed E-state index contributed by atoms with van der Waals surface area (Å²) >= 11 is 6.47. The summed E-state index contributed by atoms with van der Waals surface area (Å²) in [6.45, 7) is 3.68. The Morgan fingerprint density at radius 2 is 1.88 bits per heavy atom. The van der Waals surface area contributed by atoms with Crippen molar-refractivity contribution in [3.8, 4) is 22.8 Å². The highest BCUT2D eigenvalue weighted by Gasteiger charge is 2.19. The first-order valence-corrected chi connectivity index (χ1v) is 11.3. The third kappa shape index (κ3) is 4.40. The number of piperazine rings is 1. The minimum atomic E-state index is -0.360. The molecular formula is C24H23ClFN7O. The second kappa shape index (κ2) is 9.28. The minimum absolute atomic E-state index is 0.281. The Morgan fingerprint density at radius 1 is 1.12 bits per heavy atom. The SMILES string of the molecule is Cn1cnc(-c2ccc(F)cc2)c1-c1ncc(C(=O)Nc2ccc(N3CCNCC3)cc2Cl)[nH]1. The van der Waals surface area contributed by atoms with Gasteiger partial charge >= 0.3 is 0 Å². The van der Waals surface area contributed by atoms with Crippen LogP contribution in [0.2, 0.25) is 5.02 Å². The molecule has 0 radical (unpaired) electrons. The van der Waals surface area contributed by atoms with E-state index < -0.39 is 0 Å². The Labute approximate surface area is 200 Å². The quantitative estimate of drug-likeness (QED) is 0.403. The van der Waals surface area contributed by atoms with Gasteiger partial charge in [0.1, 0.15) is 17.2 Å². The van der Waals surface area contributed by atoms with Crippen LogP contribution in [0.5, 0.6) is 0 Å². The van der Waals surface area contributed by atoms with E-state index in [9.17, 15) is 9.18 Å². The molecule has 0 saturated carbocycles. The smallest absolute Gasteiger partial charge is 0.273 e. The number of nitrogens with one attached hydrogen (secondary N) is 3. The lowest BCUT2D eigenvalue weighted by Gasteiger charge is -2.29. The Kier molecular flexibility index (Phi) is 6.04. The number of aromatic amines is 1. The summed E-state index contributed by atoms with van der Waals surface area (Å²) in [5, 5.41) is 6.64. The zero-order valence-corrected chi connectivity index (χ0v) is 19.2. The second-order valence-corrected chi connectivity index (χ2v) is 8.47. The highest BCUT2D eigenvalue weighted by Crippen LogP contribution is 2.30. The molecule has 1 saturated heterocycles. The number of hydrogen-bond acceptors (Lipinski definition) is 5. The molecule has 1 aliphatic heterocycles. The average Bonchev–Trinajstić information content (AvgIpc) is 3.48. The van der Waals surface area contributed by atoms with Crippen LogP contribution in [0.4, 0.5) is 15.8 Å². The van der Waals surface area contributed by atoms with Gasteiger partial charge in [-0.2, -0.15) is 0 Å². The molecule has 1 amide bonds. The van der Waals surface area contributed by atoms with Crippen molar-refractivity contribution in [2.45, 2.75) is 0 Å². The maximum absolute atomic E-state index is 13.3. The van der Waals surface area contributed by atoms with E-state index in [1.807, 2.05) is 25.2 Å². The third-order valence-electron chi connectivity index (χ3n) is 5.78. The monoisotopic (exact) mass is 479 g/mol. The first kappa shape index (κ1) is 22.1. The van der Waals surface area contributed by atoms with Crippen molar-refractivity contribution in [3.63, 3.8) is 0 Å². The third-order valence-corrected chi connectivity index (χ3v) is 6.10. The van der Waals surface area contributed by atoms with Crippen molar-refractivity contribution in [1.82, 2.24) is 24.8 Å². The molecule has 10 heteroatoms. The number of halogens is 2. The van der Waals surface area contributed by atoms with Crippen molar-refractivity contribution >= 4 is 28.9 Å². The summed E-state index contributed by atoms with van der Waals surface area (Å²) in [5.74, 6) is -0.205. The Balaban J connectivity index is 1.35. The van der Waals surface area contributed by atoms with Crippen LogP contribution in [0.3, 0.4) is 0 Å². The number of aryl methyl sites for hydroxylation is 1. The van der Waals surface area contributed by atoms with E-state index in [-0.39, 0.29) is 17.4 Å². The van der Waals surface area contributed by atoms with E-state index in [0.717, 1.165) is 37.4 Å². The van der Waals surface area contributed by atoms with Crippen molar-refractivity contribution in [3.05, 3.63) is 71.5 Å². The fraction of sp³-hybridized carbons (Fsp3) is 0.208. The molecule has 34 heavy (non-hydrogen) atoms. The van der Waals surface area contributed by atoms with Gasteiger partial charge in [-0.05, 0) is 42.5 Å². The summed E-state index contributed by atoms with van der Waals surface area (Å²) in [6.07, 6.45) is 3.12. The molecule has 4 aromatic rings. The zero-order chi connectivity index (χ0) is 23.7. The van der Waals surface area contributed by atoms with Crippen LogP contribution in [-0.2, 0) is 7.05 Å². The Bertz CT molecular complexity index is 1330. The molecule has 2 aromatic heterocycles. The fourth-order valence-corrected chi connectivity index (χ4v) is 4.22. The van der Waals surface area contributed by atoms with E-state index in [1.54, 1.807) is 23.0 Å². The normalized spacial score (nSPS) is 13.8. The van der Waals surface area contributed by atoms with Crippen LogP contribution in [0.1, 0.15) is 10.5 Å². The fourth-order valence-electron chi connectivity index (χ4n) is 4.00. The van der Waals surface area contributed by atoms with Gasteiger partial charge in [-0.25, -0.2) is 14.4 Å². The van der Waals surface area contributed by atoms with Crippen molar-refractivity contribution < 1.29 is 9.18 Å². The predicted molar refractivity (Wildman–Crippen MR) is 131 cm³/mol. The molecule has 0 bridgehead atoms. The standard InChI is InChI=1S/C24H23ClFN7O/c1-32-14-29-21(15-2-4-16(26)5-3-15)22(32)23-28-13-20(30-23)24(34)31-19-7-6-17(12-18(19)25)33-10-8-27-9-11-33/h2-7,12-14,27H,8-11H2,1H3,(H,28,30)(H,31,34). The number of imidazole rings is 2. The van der Waals surface area contributed by atoms with Gasteiger partial charge in [0, 0.05) is 44.5 Å². The number of carbonyl (C=O) groups excluding carboxylic acids is 1. The number of benzene rings is 2. The molecule has 8 nitrogen and oxygen atoms in total. The number of aromatic nitrogens is 4. The number of amides is 1. The zero-order valence-electron chi connectivity index (χ0n) is 18.5. The van der Waals surface area contributed by atoms with Gasteiger partial charge in [0.15, 0.2) is 5.82 Å². The van der Waals surface area contributed by atoms with E-state index in [1.165, 1.54) is 18.3 Å². The van der Waals surface area contributed by atoms with Gasteiger partial charge in [0.2, 0.25) is 0 Å². The van der Waals surface area contributed by atoms with Crippen molar-refractivity contribution in [2.75, 3.05) is 36.4 Å². The number of nitrogens with zero attached hydrogens (tertiary/aromatic N) is 4. The van der Waals surface area contributed by atoms with Crippen LogP contribution in [0.25, 0.3) is 22.8 Å². The average molecular weight is 480 g/mol. The summed E-state index contributed by atoms with van der Waals surface area (Å²) in [7, 11) is 1.83. The minimum Gasteiger partial charge on any atom is -0.369 e. The van der Waals surface area contributed by atoms with Crippen LogP contribution in [-0.4, -0.2) is 51.6 Å². The highest BCUT2D eigenvalue weighted by molar-refractivity contribution is 6.34. The maximum Gasteiger partial charge on any atom is 0.273 e. The van der Waals surface area contributed by atoms with Gasteiger partial charge in [-0.3, -0.25) is 4.79 Å². The second-order valence-electron chi connectivity index (χ2n) is 8.06. The van der Waals surface area contributed by atoms with E-state index in [4.69, 9.17) is 11.6 Å². The molecule has 174 valence electrons. The topological polar surface area (TPSA) is 90.9 Å². The molecule has 0 spiro atoms. The number of hydrogen-bond donors (Lipinski definition) is 3. The van der Waals surface area contributed by atoms with Gasteiger partial charge < -0.3 is 25.1 Å². The first-order chi connectivity index (χ1) is 16.5. The molecule has 2 aromatic carbocycles. The lowest BCUT2D eigenvalue weighted by atomic mass is 10.1. The summed E-state index contributed by atoms with van der Waals surface area (Å²) in [4.78, 5) is 27.0. The van der Waals surface area contributed by atoms with Crippen LogP contribution in [0, 0.1) is 5.82 Å². The predicted octanol–water partition coefficient (Wildman–Crippen LogP) is 3.93. The Morgan fingerprint density at radius 3 is 2.62 bits per heavy atom. The lowest BCUT2D eigenvalue weighted by molar-refractivity contribution is 0.102. The first-order valence-electron chi connectivity index (χ1n) is 10.9. The summed E-state index contributed by atoms with van der Waals surface area (Å²) in [6, 6.07) is 11.7. The van der Waals surface area contributed by atoms with Crippen molar-refractivity contribution in [2.24, 2.45) is 7.05 Å². The molecule has 0 aliphatic carbocycles. The molecule has 3 heterocycles. The van der Waals surface area contributed by atoms with E-state index in [0.29, 0.717) is 27.9 Å². The number of carbonyl (C=O) groups is 1. The number of rotatable bonds is 5. The van der Waals surface area contributed by atoms with E-state index in [2.05, 4.69) is 30.5 Å². The Hall–Kier alpha value is -3.69. The molecule has 1 fully saturated rings. The van der Waals surface area contributed by atoms with Gasteiger partial charge in [0.05, 0.1) is 28.9 Å². The molecule has 0 atom stereocenters. The molecule has 1 aliphatic rings.